The fourth-order valence-electron chi connectivity index (χ4n) is 1.32. The highest BCUT2D eigenvalue weighted by atomic mass is 19.4. The Labute approximate surface area is 111 Å². The van der Waals surface area contributed by atoms with E-state index in [-0.39, 0.29) is 12.2 Å². The lowest BCUT2D eigenvalue weighted by Gasteiger charge is -2.14. The molecule has 1 heterocycles. The highest BCUT2D eigenvalue weighted by Crippen LogP contribution is 2.32. The molecular formula is C11H11F4NO4. The topological polar surface area (TPSA) is 57.7 Å². The fourth-order valence-corrected chi connectivity index (χ4v) is 1.32. The van der Waals surface area contributed by atoms with Gasteiger partial charge in [-0.05, 0) is 13.0 Å². The van der Waals surface area contributed by atoms with Gasteiger partial charge in [0.25, 0.3) is 5.88 Å². The number of carbonyl (C=O) groups excluding carboxylic acids is 1. The van der Waals surface area contributed by atoms with Crippen molar-refractivity contribution in [3.63, 3.8) is 0 Å². The molecule has 1 aromatic rings. The lowest BCUT2D eigenvalue weighted by molar-refractivity contribution is -0.276. The van der Waals surface area contributed by atoms with E-state index in [2.05, 4.69) is 19.2 Å². The van der Waals surface area contributed by atoms with Crippen molar-refractivity contribution in [3.05, 3.63) is 17.3 Å². The molecule has 0 atom stereocenters. The zero-order chi connectivity index (χ0) is 15.3. The summed E-state index contributed by atoms with van der Waals surface area (Å²) < 4.78 is 62.3. The highest BCUT2D eigenvalue weighted by molar-refractivity contribution is 5.89. The Morgan fingerprint density at radius 2 is 2.05 bits per heavy atom. The maximum absolute atomic E-state index is 12.8. The number of nitrogens with zero attached hydrogens (tertiary/aromatic N) is 1. The average molecular weight is 297 g/mol. The van der Waals surface area contributed by atoms with Gasteiger partial charge in [0, 0.05) is 5.56 Å². The van der Waals surface area contributed by atoms with Gasteiger partial charge in [0.05, 0.1) is 13.7 Å². The molecule has 0 aliphatic rings. The SMILES string of the molecule is CCOC(=O)c1nc(OC(F)(F)F)c(OC)cc1CF. The molecular weight excluding hydrogens is 286 g/mol. The van der Waals surface area contributed by atoms with Gasteiger partial charge in [-0.3, -0.25) is 0 Å². The molecule has 112 valence electrons. The Bertz CT molecular complexity index is 490. The minimum absolute atomic E-state index is 0.0340. The minimum Gasteiger partial charge on any atom is -0.491 e. The Balaban J connectivity index is 3.29. The van der Waals surface area contributed by atoms with Crippen molar-refractivity contribution in [2.75, 3.05) is 13.7 Å². The lowest BCUT2D eigenvalue weighted by Crippen LogP contribution is -2.20. The van der Waals surface area contributed by atoms with Gasteiger partial charge in [-0.2, -0.15) is 0 Å². The van der Waals surface area contributed by atoms with E-state index in [4.69, 9.17) is 0 Å². The summed E-state index contributed by atoms with van der Waals surface area (Å²) in [6, 6.07) is 0.903. The molecule has 0 spiro atoms. The summed E-state index contributed by atoms with van der Waals surface area (Å²) in [7, 11) is 1.06. The number of esters is 1. The number of alkyl halides is 4. The zero-order valence-electron chi connectivity index (χ0n) is 10.6. The monoisotopic (exact) mass is 297 g/mol. The summed E-state index contributed by atoms with van der Waals surface area (Å²) in [5.41, 5.74) is -0.843. The van der Waals surface area contributed by atoms with Crippen LogP contribution in [0.3, 0.4) is 0 Å². The second-order valence-electron chi connectivity index (χ2n) is 3.41. The predicted molar refractivity (Wildman–Crippen MR) is 58.2 cm³/mol. The maximum Gasteiger partial charge on any atom is 0.574 e. The summed E-state index contributed by atoms with van der Waals surface area (Å²) in [6.45, 7) is 0.335. The van der Waals surface area contributed by atoms with Crippen LogP contribution in [-0.4, -0.2) is 31.0 Å². The number of methoxy groups -OCH3 is 1. The van der Waals surface area contributed by atoms with Crippen molar-refractivity contribution in [1.29, 1.82) is 0 Å². The van der Waals surface area contributed by atoms with Crippen LogP contribution in [0, 0.1) is 0 Å². The number of ether oxygens (including phenoxy) is 3. The van der Waals surface area contributed by atoms with E-state index in [0.717, 1.165) is 13.2 Å². The number of hydrogen-bond acceptors (Lipinski definition) is 5. The molecule has 0 N–H and O–H groups in total. The average Bonchev–Trinajstić information content (AvgIpc) is 2.36. The zero-order valence-corrected chi connectivity index (χ0v) is 10.6. The van der Waals surface area contributed by atoms with Crippen LogP contribution >= 0.6 is 0 Å². The van der Waals surface area contributed by atoms with Gasteiger partial charge in [0.15, 0.2) is 11.4 Å². The normalized spacial score (nSPS) is 11.1. The first kappa shape index (κ1) is 16.0. The molecule has 0 saturated carbocycles. The molecule has 20 heavy (non-hydrogen) atoms. The van der Waals surface area contributed by atoms with Crippen LogP contribution in [0.1, 0.15) is 23.0 Å². The molecule has 1 rings (SSSR count). The molecule has 9 heteroatoms. The van der Waals surface area contributed by atoms with Crippen molar-refractivity contribution >= 4 is 5.97 Å². The number of aromatic nitrogens is 1. The van der Waals surface area contributed by atoms with Crippen LogP contribution in [0.25, 0.3) is 0 Å². The van der Waals surface area contributed by atoms with E-state index < -0.39 is 36.3 Å². The third kappa shape index (κ3) is 3.97. The first-order chi connectivity index (χ1) is 9.32. The summed E-state index contributed by atoms with van der Waals surface area (Å²) in [4.78, 5) is 14.8. The Kier molecular flexibility index (Phi) is 5.12. The lowest BCUT2D eigenvalue weighted by atomic mass is 10.2. The largest absolute Gasteiger partial charge is 0.574 e. The predicted octanol–water partition coefficient (Wildman–Crippen LogP) is 2.64. The van der Waals surface area contributed by atoms with Crippen LogP contribution in [0.2, 0.25) is 0 Å². The third-order valence-corrected chi connectivity index (χ3v) is 2.08. The first-order valence-electron chi connectivity index (χ1n) is 5.39. The van der Waals surface area contributed by atoms with E-state index in [1.54, 1.807) is 0 Å². The number of hydrogen-bond donors (Lipinski definition) is 0. The van der Waals surface area contributed by atoms with Crippen molar-refractivity contribution in [3.8, 4) is 11.6 Å². The molecule has 1 aromatic heterocycles. The summed E-state index contributed by atoms with van der Waals surface area (Å²) >= 11 is 0. The van der Waals surface area contributed by atoms with Crippen molar-refractivity contribution < 1.29 is 36.6 Å². The van der Waals surface area contributed by atoms with Crippen molar-refractivity contribution in [2.45, 2.75) is 20.0 Å². The van der Waals surface area contributed by atoms with Crippen LogP contribution < -0.4 is 9.47 Å². The molecule has 0 unspecified atom stereocenters. The maximum atomic E-state index is 12.8. The molecule has 5 nitrogen and oxygen atoms in total. The first-order valence-corrected chi connectivity index (χ1v) is 5.39. The molecule has 0 aliphatic heterocycles. The van der Waals surface area contributed by atoms with E-state index in [0.29, 0.717) is 0 Å². The smallest absolute Gasteiger partial charge is 0.491 e. The Morgan fingerprint density at radius 3 is 2.50 bits per heavy atom. The number of carbonyl (C=O) groups is 1. The summed E-state index contributed by atoms with van der Waals surface area (Å²) in [6.07, 6.45) is -5.02. The van der Waals surface area contributed by atoms with E-state index in [1.165, 1.54) is 6.92 Å². The van der Waals surface area contributed by atoms with Gasteiger partial charge in [0.2, 0.25) is 0 Å². The quantitative estimate of drug-likeness (QED) is 0.617. The highest BCUT2D eigenvalue weighted by Gasteiger charge is 2.34. The van der Waals surface area contributed by atoms with Gasteiger partial charge in [-0.25, -0.2) is 14.2 Å². The van der Waals surface area contributed by atoms with Gasteiger partial charge in [0.1, 0.15) is 6.67 Å². The summed E-state index contributed by atoms with van der Waals surface area (Å²) in [5.74, 6) is -2.47. The molecule has 0 fully saturated rings. The number of pyridine rings is 1. The van der Waals surface area contributed by atoms with Gasteiger partial charge >= 0.3 is 12.3 Å². The van der Waals surface area contributed by atoms with Crippen LogP contribution in [0.4, 0.5) is 17.6 Å². The van der Waals surface area contributed by atoms with Crippen molar-refractivity contribution in [1.82, 2.24) is 4.98 Å². The third-order valence-electron chi connectivity index (χ3n) is 2.08. The summed E-state index contributed by atoms with van der Waals surface area (Å²) in [5, 5.41) is 0. The van der Waals surface area contributed by atoms with E-state index in [9.17, 15) is 22.4 Å². The number of rotatable bonds is 5. The van der Waals surface area contributed by atoms with Crippen LogP contribution in [0.15, 0.2) is 6.07 Å². The standard InChI is InChI=1S/C11H11F4NO4/c1-3-19-10(17)8-6(5-12)4-7(18-2)9(16-8)20-11(13,14)15/h4H,3,5H2,1-2H3. The molecule has 0 amide bonds. The van der Waals surface area contributed by atoms with Crippen molar-refractivity contribution in [2.24, 2.45) is 0 Å². The molecule has 0 saturated heterocycles. The van der Waals surface area contributed by atoms with Gasteiger partial charge in [-0.15, -0.1) is 13.2 Å². The second-order valence-corrected chi connectivity index (χ2v) is 3.41. The second kappa shape index (κ2) is 6.40. The Morgan fingerprint density at radius 1 is 1.40 bits per heavy atom. The van der Waals surface area contributed by atoms with E-state index >= 15 is 0 Å². The van der Waals surface area contributed by atoms with Gasteiger partial charge in [-0.1, -0.05) is 0 Å². The molecule has 0 aromatic carbocycles. The Hall–Kier alpha value is -2.06. The van der Waals surface area contributed by atoms with Crippen LogP contribution in [0.5, 0.6) is 11.6 Å². The molecule has 0 bridgehead atoms. The molecule has 0 radical (unpaired) electrons. The van der Waals surface area contributed by atoms with E-state index in [1.807, 2.05) is 0 Å². The number of halogens is 4. The molecule has 0 aliphatic carbocycles. The van der Waals surface area contributed by atoms with Gasteiger partial charge < -0.3 is 14.2 Å². The van der Waals surface area contributed by atoms with Crippen LogP contribution in [-0.2, 0) is 11.4 Å². The fraction of sp³-hybridized carbons (Fsp3) is 0.455. The minimum atomic E-state index is -5.02.